The van der Waals surface area contributed by atoms with Gasteiger partial charge in [-0.1, -0.05) is 28.4 Å². The monoisotopic (exact) mass is 382 g/mol. The number of halogens is 2. The highest BCUT2D eigenvalue weighted by molar-refractivity contribution is 6.42. The zero-order valence-corrected chi connectivity index (χ0v) is 16.2. The van der Waals surface area contributed by atoms with E-state index in [1.165, 1.54) is 12.3 Å². The lowest BCUT2D eigenvalue weighted by atomic mass is 10.1. The number of aryl methyl sites for hydroxylation is 1. The van der Waals surface area contributed by atoms with Crippen LogP contribution in [0.1, 0.15) is 37.7 Å². The molecule has 1 heterocycles. The fourth-order valence-corrected chi connectivity index (χ4v) is 2.63. The number of carbonyl (C=O) groups excluding carboxylic acids is 1. The maximum atomic E-state index is 11.8. The summed E-state index contributed by atoms with van der Waals surface area (Å²) in [5, 5.41) is 11.5. The molecule has 0 spiro atoms. The van der Waals surface area contributed by atoms with E-state index in [1.807, 2.05) is 18.5 Å². The molecule has 134 valence electrons. The summed E-state index contributed by atoms with van der Waals surface area (Å²) in [7, 11) is 0. The molecule has 0 unspecified atom stereocenters. The topological polar surface area (TPSA) is 68.5 Å². The normalized spacial score (nSPS) is 11.8. The van der Waals surface area contributed by atoms with Gasteiger partial charge >= 0.3 is 6.09 Å². The van der Waals surface area contributed by atoms with Crippen LogP contribution in [0.3, 0.4) is 0 Å². The van der Waals surface area contributed by atoms with Gasteiger partial charge in [0.25, 0.3) is 0 Å². The fourth-order valence-electron chi connectivity index (χ4n) is 2.34. The second-order valence-electron chi connectivity index (χ2n) is 6.53. The summed E-state index contributed by atoms with van der Waals surface area (Å²) in [4.78, 5) is 16.6. The molecule has 0 saturated carbocycles. The van der Waals surface area contributed by atoms with Crippen LogP contribution in [0.4, 0.5) is 10.5 Å². The Labute approximate surface area is 156 Å². The fraction of sp³-hybridized carbons (Fsp3) is 0.353. The number of rotatable bonds is 3. The molecule has 0 aliphatic carbocycles. The highest BCUT2D eigenvalue weighted by Crippen LogP contribution is 2.25. The number of hydrogen-bond acceptors (Lipinski definition) is 4. The molecule has 1 N–H and O–H groups in total. The van der Waals surface area contributed by atoms with Crippen molar-refractivity contribution in [2.24, 2.45) is 5.16 Å². The maximum absolute atomic E-state index is 11.8. The Morgan fingerprint density at radius 1 is 1.28 bits per heavy atom. The van der Waals surface area contributed by atoms with Gasteiger partial charge < -0.3 is 0 Å². The molecule has 0 radical (unpaired) electrons. The second-order valence-corrected chi connectivity index (χ2v) is 7.35. The van der Waals surface area contributed by atoms with Crippen molar-refractivity contribution >= 4 is 41.2 Å². The average molecular weight is 383 g/mol. The number of nitrogens with zero attached hydrogens (tertiary/aromatic N) is 3. The number of benzene rings is 1. The smallest absolute Gasteiger partial charge is 0.298 e. The van der Waals surface area contributed by atoms with E-state index in [0.29, 0.717) is 15.7 Å². The highest BCUT2D eigenvalue weighted by atomic mass is 35.5. The zero-order chi connectivity index (χ0) is 18.8. The average Bonchev–Trinajstić information content (AvgIpc) is 2.79. The summed E-state index contributed by atoms with van der Waals surface area (Å²) in [5.74, 6) is 0. The molecule has 1 aromatic carbocycles. The lowest BCUT2D eigenvalue weighted by Crippen LogP contribution is -2.24. The number of carbonyl (C=O) groups is 1. The third-order valence-corrected chi connectivity index (χ3v) is 4.21. The number of anilines is 1. The molecule has 0 aliphatic rings. The number of oxime groups is 1. The summed E-state index contributed by atoms with van der Waals surface area (Å²) in [6, 6.07) is 4.72. The van der Waals surface area contributed by atoms with Crippen molar-refractivity contribution in [3.8, 4) is 0 Å². The first-order valence-corrected chi connectivity index (χ1v) is 8.38. The standard InChI is InChI=1S/C17H20Cl2N4O2/c1-10-13(11(2)23(22-10)17(3,4)5)9-20-25-16(24)21-12-6-7-14(18)15(19)8-12/h6-9H,1-5H3,(H,21,24)/b20-9-. The molecule has 2 aromatic rings. The lowest BCUT2D eigenvalue weighted by Gasteiger charge is -2.21. The summed E-state index contributed by atoms with van der Waals surface area (Å²) in [5.41, 5.74) is 2.89. The van der Waals surface area contributed by atoms with E-state index < -0.39 is 6.09 Å². The molecular formula is C17H20Cl2N4O2. The number of hydrogen-bond donors (Lipinski definition) is 1. The van der Waals surface area contributed by atoms with Crippen LogP contribution in [0.15, 0.2) is 23.4 Å². The van der Waals surface area contributed by atoms with Gasteiger partial charge in [0.2, 0.25) is 0 Å². The van der Waals surface area contributed by atoms with Crippen molar-refractivity contribution in [1.82, 2.24) is 9.78 Å². The molecule has 0 aliphatic heterocycles. The molecule has 0 bridgehead atoms. The molecule has 1 amide bonds. The number of amides is 1. The van der Waals surface area contributed by atoms with Gasteiger partial charge in [-0.25, -0.2) is 4.79 Å². The Balaban J connectivity index is 2.04. The molecule has 8 heteroatoms. The van der Waals surface area contributed by atoms with Crippen molar-refractivity contribution in [2.75, 3.05) is 5.32 Å². The SMILES string of the molecule is Cc1nn(C(C)(C)C)c(C)c1/C=N\OC(=O)Nc1ccc(Cl)c(Cl)c1. The van der Waals surface area contributed by atoms with Crippen molar-refractivity contribution < 1.29 is 9.63 Å². The summed E-state index contributed by atoms with van der Waals surface area (Å²) < 4.78 is 1.92. The van der Waals surface area contributed by atoms with Gasteiger partial charge in [-0.3, -0.25) is 14.8 Å². The molecule has 6 nitrogen and oxygen atoms in total. The molecule has 0 fully saturated rings. The van der Waals surface area contributed by atoms with E-state index in [0.717, 1.165) is 17.0 Å². The summed E-state index contributed by atoms with van der Waals surface area (Å²) >= 11 is 11.7. The van der Waals surface area contributed by atoms with Gasteiger partial charge in [0.15, 0.2) is 0 Å². The van der Waals surface area contributed by atoms with Gasteiger partial charge in [-0.15, -0.1) is 0 Å². The van der Waals surface area contributed by atoms with Crippen molar-refractivity contribution in [2.45, 2.75) is 40.2 Å². The zero-order valence-electron chi connectivity index (χ0n) is 14.7. The number of aromatic nitrogens is 2. The predicted molar refractivity (Wildman–Crippen MR) is 101 cm³/mol. The van der Waals surface area contributed by atoms with Crippen LogP contribution in [0.5, 0.6) is 0 Å². The van der Waals surface area contributed by atoms with E-state index in [-0.39, 0.29) is 5.54 Å². The molecule has 0 atom stereocenters. The van der Waals surface area contributed by atoms with E-state index in [4.69, 9.17) is 28.0 Å². The van der Waals surface area contributed by atoms with E-state index in [1.54, 1.807) is 12.1 Å². The first-order chi connectivity index (χ1) is 11.6. The largest absolute Gasteiger partial charge is 0.437 e. The second kappa shape index (κ2) is 7.45. The third kappa shape index (κ3) is 4.74. The summed E-state index contributed by atoms with van der Waals surface area (Å²) in [6.07, 6.45) is 0.752. The van der Waals surface area contributed by atoms with Gasteiger partial charge in [-0.05, 0) is 52.8 Å². The van der Waals surface area contributed by atoms with Crippen LogP contribution in [0, 0.1) is 13.8 Å². The number of nitrogens with one attached hydrogen (secondary N) is 1. The first-order valence-electron chi connectivity index (χ1n) is 7.62. The summed E-state index contributed by atoms with van der Waals surface area (Å²) in [6.45, 7) is 10.0. The van der Waals surface area contributed by atoms with Gasteiger partial charge in [0, 0.05) is 16.9 Å². The van der Waals surface area contributed by atoms with E-state index in [2.05, 4.69) is 36.3 Å². The molecule has 1 aromatic heterocycles. The van der Waals surface area contributed by atoms with Crippen LogP contribution in [0.2, 0.25) is 10.0 Å². The van der Waals surface area contributed by atoms with Crippen LogP contribution >= 0.6 is 23.2 Å². The van der Waals surface area contributed by atoms with Crippen molar-refractivity contribution in [3.63, 3.8) is 0 Å². The van der Waals surface area contributed by atoms with E-state index in [9.17, 15) is 4.79 Å². The van der Waals surface area contributed by atoms with E-state index >= 15 is 0 Å². The van der Waals surface area contributed by atoms with Crippen molar-refractivity contribution in [1.29, 1.82) is 0 Å². The Morgan fingerprint density at radius 3 is 2.52 bits per heavy atom. The van der Waals surface area contributed by atoms with Gasteiger partial charge in [-0.2, -0.15) is 5.10 Å². The van der Waals surface area contributed by atoms with Crippen LogP contribution in [-0.2, 0) is 10.4 Å². The van der Waals surface area contributed by atoms with Crippen molar-refractivity contribution in [3.05, 3.63) is 45.2 Å². The predicted octanol–water partition coefficient (Wildman–Crippen LogP) is 5.14. The Bertz CT molecular complexity index is 823. The van der Waals surface area contributed by atoms with Gasteiger partial charge in [0.05, 0.1) is 27.5 Å². The van der Waals surface area contributed by atoms with Crippen LogP contribution < -0.4 is 5.32 Å². The van der Waals surface area contributed by atoms with Crippen LogP contribution in [0.25, 0.3) is 0 Å². The van der Waals surface area contributed by atoms with Gasteiger partial charge in [0.1, 0.15) is 0 Å². The lowest BCUT2D eigenvalue weighted by molar-refractivity contribution is 0.167. The maximum Gasteiger partial charge on any atom is 0.437 e. The Kier molecular flexibility index (Phi) is 5.75. The Morgan fingerprint density at radius 2 is 1.96 bits per heavy atom. The third-order valence-electron chi connectivity index (χ3n) is 3.47. The molecule has 25 heavy (non-hydrogen) atoms. The minimum Gasteiger partial charge on any atom is -0.298 e. The first kappa shape index (κ1) is 19.3. The molecule has 0 saturated heterocycles. The minimum absolute atomic E-state index is 0.146. The highest BCUT2D eigenvalue weighted by Gasteiger charge is 2.20. The van der Waals surface area contributed by atoms with Crippen LogP contribution in [-0.4, -0.2) is 22.1 Å². The minimum atomic E-state index is -0.729. The quantitative estimate of drug-likeness (QED) is 0.453. The molecular weight excluding hydrogens is 363 g/mol. The molecule has 2 rings (SSSR count). The Hall–Kier alpha value is -2.05.